The van der Waals surface area contributed by atoms with Crippen LogP contribution in [0.2, 0.25) is 0 Å². The molecule has 1 aliphatic carbocycles. The minimum absolute atomic E-state index is 0.189. The summed E-state index contributed by atoms with van der Waals surface area (Å²) in [7, 11) is 0. The monoisotopic (exact) mass is 312 g/mol. The topological polar surface area (TPSA) is 91.7 Å². The molecule has 2 N–H and O–H groups in total. The van der Waals surface area contributed by atoms with Crippen molar-refractivity contribution in [3.63, 3.8) is 0 Å². The van der Waals surface area contributed by atoms with E-state index in [9.17, 15) is 24.6 Å². The Morgan fingerprint density at radius 2 is 1.64 bits per heavy atom. The van der Waals surface area contributed by atoms with Gasteiger partial charge in [-0.2, -0.15) is 0 Å². The Kier molecular flexibility index (Phi) is 6.15. The van der Waals surface area contributed by atoms with Crippen LogP contribution in [0.15, 0.2) is 0 Å². The summed E-state index contributed by atoms with van der Waals surface area (Å²) in [6.45, 7) is 5.23. The van der Waals surface area contributed by atoms with Gasteiger partial charge in [0.05, 0.1) is 10.8 Å². The second kappa shape index (κ2) is 7.25. The lowest BCUT2D eigenvalue weighted by Crippen LogP contribution is -2.41. The molecule has 1 rings (SSSR count). The third-order valence-corrected chi connectivity index (χ3v) is 5.06. The van der Waals surface area contributed by atoms with Crippen LogP contribution in [0.1, 0.15) is 72.1 Å². The van der Waals surface area contributed by atoms with Crippen molar-refractivity contribution in [2.75, 3.05) is 0 Å². The van der Waals surface area contributed by atoms with Crippen LogP contribution in [-0.2, 0) is 14.4 Å². The van der Waals surface area contributed by atoms with Crippen LogP contribution in [0, 0.1) is 16.7 Å². The lowest BCUT2D eigenvalue weighted by Gasteiger charge is -2.35. The third kappa shape index (κ3) is 4.08. The number of carbonyl (C=O) groups excluding carboxylic acids is 1. The largest absolute Gasteiger partial charge is 0.481 e. The SMILES string of the molecule is CCCCC(=O)CCCC(C(C)(C)C(=O)O)C1(C(=O)O)CC1. The fourth-order valence-corrected chi connectivity index (χ4v) is 3.33. The van der Waals surface area contributed by atoms with Crippen LogP contribution < -0.4 is 0 Å². The van der Waals surface area contributed by atoms with Gasteiger partial charge < -0.3 is 10.2 Å². The Balaban J connectivity index is 2.71. The number of hydrogen-bond donors (Lipinski definition) is 2. The maximum Gasteiger partial charge on any atom is 0.309 e. The molecular formula is C17H28O5. The number of carboxylic acids is 2. The first kappa shape index (κ1) is 18.7. The number of rotatable bonds is 11. The zero-order chi connectivity index (χ0) is 17.0. The van der Waals surface area contributed by atoms with Gasteiger partial charge in [-0.25, -0.2) is 0 Å². The van der Waals surface area contributed by atoms with Crippen molar-refractivity contribution in [3.8, 4) is 0 Å². The molecule has 1 fully saturated rings. The number of aliphatic carboxylic acids is 2. The number of hydrogen-bond acceptors (Lipinski definition) is 3. The standard InChI is InChI=1S/C17H28O5/c1-4-5-7-12(18)8-6-9-13(16(2,3)14(19)20)17(10-11-17)15(21)22/h13H,4-11H2,1-3H3,(H,19,20)(H,21,22). The normalized spacial score (nSPS) is 17.8. The maximum absolute atomic E-state index is 11.7. The van der Waals surface area contributed by atoms with Crippen LogP contribution >= 0.6 is 0 Å². The fourth-order valence-electron chi connectivity index (χ4n) is 3.33. The van der Waals surface area contributed by atoms with Crippen molar-refractivity contribution in [2.24, 2.45) is 16.7 Å². The van der Waals surface area contributed by atoms with E-state index in [0.29, 0.717) is 38.5 Å². The zero-order valence-corrected chi connectivity index (χ0v) is 13.9. The predicted molar refractivity (Wildman–Crippen MR) is 82.6 cm³/mol. The average Bonchev–Trinajstić information content (AvgIpc) is 3.22. The minimum atomic E-state index is -1.10. The average molecular weight is 312 g/mol. The molecule has 5 nitrogen and oxygen atoms in total. The van der Waals surface area contributed by atoms with E-state index in [2.05, 4.69) is 0 Å². The number of carboxylic acid groups (broad SMARTS) is 2. The van der Waals surface area contributed by atoms with Gasteiger partial charge in [0.25, 0.3) is 0 Å². The number of ketones is 1. The molecule has 0 heterocycles. The van der Waals surface area contributed by atoms with Crippen molar-refractivity contribution in [1.82, 2.24) is 0 Å². The zero-order valence-electron chi connectivity index (χ0n) is 13.9. The molecule has 0 aromatic rings. The second-order valence-electron chi connectivity index (χ2n) is 7.08. The Hall–Kier alpha value is -1.39. The third-order valence-electron chi connectivity index (χ3n) is 5.06. The second-order valence-corrected chi connectivity index (χ2v) is 7.08. The lowest BCUT2D eigenvalue weighted by atomic mass is 9.67. The molecule has 0 spiro atoms. The molecular weight excluding hydrogens is 284 g/mol. The Bertz CT molecular complexity index is 418. The maximum atomic E-state index is 11.7. The van der Waals surface area contributed by atoms with Crippen LogP contribution in [-0.4, -0.2) is 27.9 Å². The lowest BCUT2D eigenvalue weighted by molar-refractivity contribution is -0.158. The Morgan fingerprint density at radius 1 is 1.09 bits per heavy atom. The molecule has 1 unspecified atom stereocenters. The van der Waals surface area contributed by atoms with Crippen LogP contribution in [0.4, 0.5) is 0 Å². The van der Waals surface area contributed by atoms with E-state index in [1.807, 2.05) is 6.92 Å². The summed E-state index contributed by atoms with van der Waals surface area (Å²) in [5.74, 6) is -2.12. The van der Waals surface area contributed by atoms with Crippen LogP contribution in [0.3, 0.4) is 0 Å². The highest BCUT2D eigenvalue weighted by molar-refractivity contribution is 5.81. The van der Waals surface area contributed by atoms with Gasteiger partial charge in [0.15, 0.2) is 0 Å². The van der Waals surface area contributed by atoms with E-state index in [1.165, 1.54) is 0 Å². The van der Waals surface area contributed by atoms with Gasteiger partial charge in [0.1, 0.15) is 5.78 Å². The van der Waals surface area contributed by atoms with E-state index in [0.717, 1.165) is 12.8 Å². The van der Waals surface area contributed by atoms with Gasteiger partial charge in [-0.1, -0.05) is 13.3 Å². The van der Waals surface area contributed by atoms with E-state index >= 15 is 0 Å². The molecule has 1 atom stereocenters. The highest BCUT2D eigenvalue weighted by atomic mass is 16.4. The summed E-state index contributed by atoms with van der Waals surface area (Å²) in [5, 5.41) is 18.9. The quantitative estimate of drug-likeness (QED) is 0.609. The first-order chi connectivity index (χ1) is 10.2. The molecule has 0 amide bonds. The van der Waals surface area contributed by atoms with Gasteiger partial charge in [-0.05, 0) is 51.9 Å². The van der Waals surface area contributed by atoms with Crippen LogP contribution in [0.25, 0.3) is 0 Å². The smallest absolute Gasteiger partial charge is 0.309 e. The van der Waals surface area contributed by atoms with Crippen LogP contribution in [0.5, 0.6) is 0 Å². The van der Waals surface area contributed by atoms with E-state index in [1.54, 1.807) is 13.8 Å². The van der Waals surface area contributed by atoms with Gasteiger partial charge in [-0.3, -0.25) is 14.4 Å². The fraction of sp³-hybridized carbons (Fsp3) is 0.824. The van der Waals surface area contributed by atoms with Gasteiger partial charge in [0, 0.05) is 12.8 Å². The Labute approximate surface area is 132 Å². The summed E-state index contributed by atoms with van der Waals surface area (Å²) in [6.07, 6.45) is 4.95. The summed E-state index contributed by atoms with van der Waals surface area (Å²) < 4.78 is 0. The Morgan fingerprint density at radius 3 is 2.05 bits per heavy atom. The summed E-state index contributed by atoms with van der Waals surface area (Å²) in [4.78, 5) is 34.8. The highest BCUT2D eigenvalue weighted by Crippen LogP contribution is 2.59. The molecule has 5 heteroatoms. The molecule has 0 radical (unpaired) electrons. The molecule has 0 aliphatic heterocycles. The molecule has 126 valence electrons. The number of Topliss-reactive ketones (excluding diaryl/α,β-unsaturated/α-hetero) is 1. The van der Waals surface area contributed by atoms with Crippen molar-refractivity contribution >= 4 is 17.7 Å². The summed E-state index contributed by atoms with van der Waals surface area (Å²) in [5.41, 5.74) is -2.00. The van der Waals surface area contributed by atoms with E-state index in [4.69, 9.17) is 0 Å². The summed E-state index contributed by atoms with van der Waals surface area (Å²) in [6, 6.07) is 0. The van der Waals surface area contributed by atoms with Crippen molar-refractivity contribution in [1.29, 1.82) is 0 Å². The molecule has 0 aromatic heterocycles. The molecule has 0 saturated heterocycles. The molecule has 1 saturated carbocycles. The van der Waals surface area contributed by atoms with Crippen molar-refractivity contribution in [3.05, 3.63) is 0 Å². The van der Waals surface area contributed by atoms with Gasteiger partial charge in [0.2, 0.25) is 0 Å². The predicted octanol–water partition coefficient (Wildman–Crippen LogP) is 3.51. The molecule has 0 aromatic carbocycles. The van der Waals surface area contributed by atoms with E-state index in [-0.39, 0.29) is 5.78 Å². The molecule has 22 heavy (non-hydrogen) atoms. The molecule has 1 aliphatic rings. The minimum Gasteiger partial charge on any atom is -0.481 e. The first-order valence-electron chi connectivity index (χ1n) is 8.17. The number of unbranched alkanes of at least 4 members (excludes halogenated alkanes) is 1. The van der Waals surface area contributed by atoms with Crippen molar-refractivity contribution < 1.29 is 24.6 Å². The number of carbonyl (C=O) groups is 3. The van der Waals surface area contributed by atoms with Crippen molar-refractivity contribution in [2.45, 2.75) is 72.1 Å². The van der Waals surface area contributed by atoms with Gasteiger partial charge in [-0.15, -0.1) is 0 Å². The first-order valence-corrected chi connectivity index (χ1v) is 8.17. The van der Waals surface area contributed by atoms with Gasteiger partial charge >= 0.3 is 11.9 Å². The van der Waals surface area contributed by atoms with E-state index < -0.39 is 28.7 Å². The highest BCUT2D eigenvalue weighted by Gasteiger charge is 2.61. The summed E-state index contributed by atoms with van der Waals surface area (Å²) >= 11 is 0. The molecule has 0 bridgehead atoms.